The van der Waals surface area contributed by atoms with Crippen LogP contribution in [0.15, 0.2) is 34.5 Å². The number of nitrogens with zero attached hydrogens (tertiary/aromatic N) is 5. The third-order valence-electron chi connectivity index (χ3n) is 3.73. The number of anilines is 1. The van der Waals surface area contributed by atoms with Crippen molar-refractivity contribution >= 4 is 22.8 Å². The van der Waals surface area contributed by atoms with Crippen LogP contribution >= 0.6 is 0 Å². The predicted molar refractivity (Wildman–Crippen MR) is 87.0 cm³/mol. The van der Waals surface area contributed by atoms with Crippen molar-refractivity contribution in [3.05, 3.63) is 46.8 Å². The minimum Gasteiger partial charge on any atom is -0.380 e. The van der Waals surface area contributed by atoms with E-state index in [9.17, 15) is 0 Å². The van der Waals surface area contributed by atoms with Crippen molar-refractivity contribution < 1.29 is 0 Å². The second-order valence-electron chi connectivity index (χ2n) is 5.43. The van der Waals surface area contributed by atoms with E-state index < -0.39 is 0 Å². The Morgan fingerprint density at radius 3 is 2.64 bits per heavy atom. The molecule has 6 heteroatoms. The Morgan fingerprint density at radius 2 is 1.86 bits per heavy atom. The van der Waals surface area contributed by atoms with Gasteiger partial charge in [0.2, 0.25) is 0 Å². The summed E-state index contributed by atoms with van der Waals surface area (Å²) >= 11 is 0. The van der Waals surface area contributed by atoms with Gasteiger partial charge in [0, 0.05) is 11.4 Å². The Labute approximate surface area is 128 Å². The van der Waals surface area contributed by atoms with E-state index in [0.717, 1.165) is 22.6 Å². The van der Waals surface area contributed by atoms with Crippen LogP contribution in [-0.2, 0) is 0 Å². The lowest BCUT2D eigenvalue weighted by Gasteiger charge is -2.02. The molecule has 1 aromatic carbocycles. The van der Waals surface area contributed by atoms with Crippen molar-refractivity contribution in [1.29, 1.82) is 0 Å². The van der Waals surface area contributed by atoms with Gasteiger partial charge in [0.1, 0.15) is 0 Å². The minimum absolute atomic E-state index is 0.329. The number of hydrogen-bond donors (Lipinski definition) is 1. The molecule has 2 N–H and O–H groups in total. The average molecular weight is 294 g/mol. The maximum atomic E-state index is 5.98. The van der Waals surface area contributed by atoms with E-state index >= 15 is 0 Å². The lowest BCUT2D eigenvalue weighted by Crippen LogP contribution is -1.97. The highest BCUT2D eigenvalue weighted by atomic mass is 15.3. The fourth-order valence-corrected chi connectivity index (χ4v) is 2.37. The topological polar surface area (TPSA) is 80.9 Å². The first-order valence-electron chi connectivity index (χ1n) is 7.08. The van der Waals surface area contributed by atoms with Gasteiger partial charge in [-0.15, -0.1) is 10.2 Å². The summed E-state index contributed by atoms with van der Waals surface area (Å²) in [6, 6.07) is 7.89. The fraction of sp³-hybridized carbons (Fsp3) is 0.250. The number of aromatic nitrogens is 3. The lowest BCUT2D eigenvalue weighted by molar-refractivity contribution is 0.890. The molecule has 0 amide bonds. The largest absolute Gasteiger partial charge is 0.380 e. The molecule has 0 unspecified atom stereocenters. The number of rotatable bonds is 2. The summed E-state index contributed by atoms with van der Waals surface area (Å²) in [5.74, 6) is 0.329. The van der Waals surface area contributed by atoms with Gasteiger partial charge < -0.3 is 5.73 Å². The van der Waals surface area contributed by atoms with Gasteiger partial charge in [0.25, 0.3) is 0 Å². The maximum absolute atomic E-state index is 5.98. The average Bonchev–Trinajstić information content (AvgIpc) is 2.77. The number of nitrogens with two attached hydrogens (primary N) is 1. The van der Waals surface area contributed by atoms with Crippen LogP contribution in [0.2, 0.25) is 0 Å². The molecule has 2 heterocycles. The molecule has 0 saturated heterocycles. The summed E-state index contributed by atoms with van der Waals surface area (Å²) in [5.41, 5.74) is 12.1. The van der Waals surface area contributed by atoms with Crippen LogP contribution in [0.5, 0.6) is 0 Å². The van der Waals surface area contributed by atoms with Crippen LogP contribution in [0.25, 0.3) is 5.65 Å². The fourth-order valence-electron chi connectivity index (χ4n) is 2.37. The monoisotopic (exact) mass is 294 g/mol. The van der Waals surface area contributed by atoms with Gasteiger partial charge in [-0.2, -0.15) is 5.11 Å². The molecule has 22 heavy (non-hydrogen) atoms. The molecule has 0 aliphatic rings. The second-order valence-corrected chi connectivity index (χ2v) is 5.43. The highest BCUT2D eigenvalue weighted by Gasteiger charge is 2.13. The van der Waals surface area contributed by atoms with Gasteiger partial charge >= 0.3 is 0 Å². The van der Waals surface area contributed by atoms with Crippen molar-refractivity contribution in [1.82, 2.24) is 14.6 Å². The SMILES string of the molecule is Cc1cc(C)n2nc(N)c(N=Nc3cccc(C)c3C)c2n1. The smallest absolute Gasteiger partial charge is 0.185 e. The van der Waals surface area contributed by atoms with Crippen molar-refractivity contribution in [2.75, 3.05) is 5.73 Å². The van der Waals surface area contributed by atoms with E-state index in [1.807, 2.05) is 52.0 Å². The van der Waals surface area contributed by atoms with Crippen molar-refractivity contribution in [2.24, 2.45) is 10.2 Å². The quantitative estimate of drug-likeness (QED) is 0.726. The van der Waals surface area contributed by atoms with Gasteiger partial charge in [0.05, 0.1) is 5.69 Å². The van der Waals surface area contributed by atoms with Crippen LogP contribution in [0.3, 0.4) is 0 Å². The van der Waals surface area contributed by atoms with Gasteiger partial charge in [-0.25, -0.2) is 9.50 Å². The summed E-state index contributed by atoms with van der Waals surface area (Å²) in [4.78, 5) is 4.48. The number of nitrogen functional groups attached to an aromatic ring is 1. The van der Waals surface area contributed by atoms with Crippen molar-refractivity contribution in [3.8, 4) is 0 Å². The maximum Gasteiger partial charge on any atom is 0.185 e. The summed E-state index contributed by atoms with van der Waals surface area (Å²) in [6.07, 6.45) is 0. The Bertz CT molecular complexity index is 891. The zero-order chi connectivity index (χ0) is 15.9. The number of aryl methyl sites for hydroxylation is 3. The first kappa shape index (κ1) is 14.2. The molecular formula is C16H18N6. The molecule has 0 fully saturated rings. The zero-order valence-corrected chi connectivity index (χ0v) is 13.1. The Morgan fingerprint density at radius 1 is 1.09 bits per heavy atom. The summed E-state index contributed by atoms with van der Waals surface area (Å²) in [7, 11) is 0. The number of hydrogen-bond acceptors (Lipinski definition) is 5. The van der Waals surface area contributed by atoms with Crippen LogP contribution in [0.1, 0.15) is 22.5 Å². The summed E-state index contributed by atoms with van der Waals surface area (Å²) < 4.78 is 1.69. The molecule has 0 spiro atoms. The standard InChI is InChI=1S/C16H18N6/c1-9-6-5-7-13(12(9)4)19-20-14-15(17)21-22-11(3)8-10(2)18-16(14)22/h5-8H,1-4H3,(H2,17,21). The van der Waals surface area contributed by atoms with Gasteiger partial charge in [0.15, 0.2) is 17.2 Å². The number of azo groups is 1. The third-order valence-corrected chi connectivity index (χ3v) is 3.73. The van der Waals surface area contributed by atoms with Crippen molar-refractivity contribution in [3.63, 3.8) is 0 Å². The molecule has 2 aromatic heterocycles. The van der Waals surface area contributed by atoms with Crippen LogP contribution in [0.4, 0.5) is 17.2 Å². The molecular weight excluding hydrogens is 276 g/mol. The first-order chi connectivity index (χ1) is 10.5. The number of fused-ring (bicyclic) bond motifs is 1. The van der Waals surface area contributed by atoms with E-state index in [-0.39, 0.29) is 0 Å². The molecule has 0 aliphatic heterocycles. The van der Waals surface area contributed by atoms with Gasteiger partial charge in [-0.05, 0) is 51.0 Å². The molecule has 3 rings (SSSR count). The molecule has 6 nitrogen and oxygen atoms in total. The molecule has 0 bridgehead atoms. The molecule has 112 valence electrons. The minimum atomic E-state index is 0.329. The predicted octanol–water partition coefficient (Wildman–Crippen LogP) is 3.96. The van der Waals surface area contributed by atoms with E-state index in [2.05, 4.69) is 20.3 Å². The van der Waals surface area contributed by atoms with E-state index in [0.29, 0.717) is 17.2 Å². The first-order valence-corrected chi connectivity index (χ1v) is 7.08. The third kappa shape index (κ3) is 2.32. The summed E-state index contributed by atoms with van der Waals surface area (Å²) in [5, 5.41) is 12.9. The highest BCUT2D eigenvalue weighted by molar-refractivity contribution is 5.75. The van der Waals surface area contributed by atoms with Crippen molar-refractivity contribution in [2.45, 2.75) is 27.7 Å². The lowest BCUT2D eigenvalue weighted by atomic mass is 10.1. The highest BCUT2D eigenvalue weighted by Crippen LogP contribution is 2.30. The molecule has 0 aliphatic carbocycles. The second kappa shape index (κ2) is 5.22. The van der Waals surface area contributed by atoms with E-state index in [1.54, 1.807) is 4.52 Å². The van der Waals surface area contributed by atoms with Crippen LogP contribution in [-0.4, -0.2) is 14.6 Å². The molecule has 0 atom stereocenters. The number of benzene rings is 1. The molecule has 3 aromatic rings. The van der Waals surface area contributed by atoms with Crippen LogP contribution < -0.4 is 5.73 Å². The normalized spacial score (nSPS) is 11.6. The van der Waals surface area contributed by atoms with Crippen LogP contribution in [0, 0.1) is 27.7 Å². The Balaban J connectivity index is 2.13. The Hall–Kier alpha value is -2.76. The van der Waals surface area contributed by atoms with E-state index in [4.69, 9.17) is 5.73 Å². The summed E-state index contributed by atoms with van der Waals surface area (Å²) in [6.45, 7) is 7.96. The molecule has 0 saturated carbocycles. The van der Waals surface area contributed by atoms with Gasteiger partial charge in [-0.1, -0.05) is 12.1 Å². The van der Waals surface area contributed by atoms with Gasteiger partial charge in [-0.3, -0.25) is 0 Å². The Kier molecular flexibility index (Phi) is 3.36. The van der Waals surface area contributed by atoms with E-state index in [1.165, 1.54) is 5.56 Å². The molecule has 0 radical (unpaired) electrons. The zero-order valence-electron chi connectivity index (χ0n) is 13.1.